The van der Waals surface area contributed by atoms with Gasteiger partial charge in [0.1, 0.15) is 5.52 Å². The van der Waals surface area contributed by atoms with Crippen molar-refractivity contribution in [2.45, 2.75) is 18.1 Å². The van der Waals surface area contributed by atoms with E-state index < -0.39 is 0 Å². The average Bonchev–Trinajstić information content (AvgIpc) is 3.31. The minimum atomic E-state index is -0.382. The van der Waals surface area contributed by atoms with Gasteiger partial charge in [-0.2, -0.15) is 0 Å². The van der Waals surface area contributed by atoms with E-state index in [-0.39, 0.29) is 16.4 Å². The van der Waals surface area contributed by atoms with Crippen LogP contribution in [0.4, 0.5) is 4.79 Å². The summed E-state index contributed by atoms with van der Waals surface area (Å²) in [7, 11) is 0. The molecule has 2 aromatic carbocycles. The van der Waals surface area contributed by atoms with E-state index in [0.717, 1.165) is 39.4 Å². The van der Waals surface area contributed by atoms with Gasteiger partial charge in [-0.05, 0) is 41.6 Å². The Balaban J connectivity index is 1.38. The number of aromatic amines is 1. The zero-order chi connectivity index (χ0) is 18.4. The van der Waals surface area contributed by atoms with Gasteiger partial charge in [-0.1, -0.05) is 36.0 Å². The maximum absolute atomic E-state index is 11.7. The van der Waals surface area contributed by atoms with Gasteiger partial charge in [-0.3, -0.25) is 14.9 Å². The third kappa shape index (κ3) is 3.10. The van der Waals surface area contributed by atoms with E-state index in [1.807, 2.05) is 36.4 Å². The molecule has 2 N–H and O–H groups in total. The fourth-order valence-corrected chi connectivity index (χ4v) is 4.22. The Labute approximate surface area is 158 Å². The minimum absolute atomic E-state index is 0.232. The summed E-state index contributed by atoms with van der Waals surface area (Å²) in [5, 5.41) is 2.81. The van der Waals surface area contributed by atoms with Gasteiger partial charge in [0.25, 0.3) is 5.24 Å². The lowest BCUT2D eigenvalue weighted by molar-refractivity contribution is -0.118. The highest BCUT2D eigenvalue weighted by Gasteiger charge is 2.31. The maximum atomic E-state index is 11.7. The molecule has 2 aromatic heterocycles. The Morgan fingerprint density at radius 2 is 2.00 bits per heavy atom. The second kappa shape index (κ2) is 6.28. The van der Waals surface area contributed by atoms with Crippen LogP contribution in [0.2, 0.25) is 0 Å². The first-order valence-corrected chi connectivity index (χ1v) is 9.48. The Morgan fingerprint density at radius 3 is 2.81 bits per heavy atom. The quantitative estimate of drug-likeness (QED) is 0.565. The molecule has 0 saturated carbocycles. The summed E-state index contributed by atoms with van der Waals surface area (Å²) in [4.78, 5) is 31.0. The molecule has 3 heterocycles. The van der Waals surface area contributed by atoms with Crippen LogP contribution in [0.3, 0.4) is 0 Å². The smallest absolute Gasteiger partial charge is 0.286 e. The lowest BCUT2D eigenvalue weighted by Gasteiger charge is -2.04. The number of rotatable bonds is 4. The highest BCUT2D eigenvalue weighted by Crippen LogP contribution is 2.26. The standard InChI is InChI=1S/C20H15N3O3S/c24-19-17(27-20(25)23-19)8-11-5-6-16-15(7-11)22-18(26-16)10-13-9-12-3-1-2-4-14(12)21-13/h1-7,9,17,21H,8,10H2,(H,23,24,25). The third-order valence-corrected chi connectivity index (χ3v) is 5.59. The first-order chi connectivity index (χ1) is 13.1. The van der Waals surface area contributed by atoms with E-state index in [1.165, 1.54) is 0 Å². The summed E-state index contributed by atoms with van der Waals surface area (Å²) >= 11 is 1.04. The van der Waals surface area contributed by atoms with Crippen molar-refractivity contribution in [3.8, 4) is 0 Å². The van der Waals surface area contributed by atoms with E-state index in [0.29, 0.717) is 24.3 Å². The number of nitrogens with zero attached hydrogens (tertiary/aromatic N) is 1. The Kier molecular flexibility index (Phi) is 3.75. The molecule has 5 rings (SSSR count). The number of hydrogen-bond acceptors (Lipinski definition) is 5. The van der Waals surface area contributed by atoms with Gasteiger partial charge in [-0.15, -0.1) is 0 Å². The molecule has 1 unspecified atom stereocenters. The molecule has 0 aliphatic carbocycles. The summed E-state index contributed by atoms with van der Waals surface area (Å²) in [5.74, 6) is 0.404. The zero-order valence-corrected chi connectivity index (χ0v) is 15.0. The van der Waals surface area contributed by atoms with Crippen LogP contribution in [-0.2, 0) is 17.6 Å². The van der Waals surface area contributed by atoms with Crippen molar-refractivity contribution in [1.29, 1.82) is 0 Å². The number of oxazole rings is 1. The molecule has 0 radical (unpaired) electrons. The lowest BCUT2D eigenvalue weighted by atomic mass is 10.1. The molecule has 1 atom stereocenters. The second-order valence-electron chi connectivity index (χ2n) is 6.56. The topological polar surface area (TPSA) is 88.0 Å². The van der Waals surface area contributed by atoms with Crippen LogP contribution in [0.1, 0.15) is 17.1 Å². The molecular weight excluding hydrogens is 362 g/mol. The first kappa shape index (κ1) is 16.1. The van der Waals surface area contributed by atoms with Crippen molar-refractivity contribution in [2.75, 3.05) is 0 Å². The van der Waals surface area contributed by atoms with Crippen LogP contribution in [0.25, 0.3) is 22.0 Å². The number of hydrogen-bond donors (Lipinski definition) is 2. The molecule has 7 heteroatoms. The third-order valence-electron chi connectivity index (χ3n) is 4.61. The number of aromatic nitrogens is 2. The molecule has 6 nitrogen and oxygen atoms in total. The lowest BCUT2D eigenvalue weighted by Crippen LogP contribution is -2.25. The van der Waals surface area contributed by atoms with Crippen LogP contribution >= 0.6 is 11.8 Å². The van der Waals surface area contributed by atoms with Crippen molar-refractivity contribution < 1.29 is 14.0 Å². The number of benzene rings is 2. The van der Waals surface area contributed by atoms with Crippen molar-refractivity contribution in [3.05, 3.63) is 65.7 Å². The molecule has 1 aliphatic heterocycles. The van der Waals surface area contributed by atoms with E-state index in [9.17, 15) is 9.59 Å². The number of carbonyl (C=O) groups excluding carboxylic acids is 2. The van der Waals surface area contributed by atoms with E-state index in [2.05, 4.69) is 27.4 Å². The minimum Gasteiger partial charge on any atom is -0.440 e. The van der Waals surface area contributed by atoms with Crippen molar-refractivity contribution in [1.82, 2.24) is 15.3 Å². The SMILES string of the molecule is O=C1NC(=O)C(Cc2ccc3oc(Cc4cc5ccccc5[nH]4)nc3c2)S1. The van der Waals surface area contributed by atoms with Crippen LogP contribution in [0.15, 0.2) is 52.9 Å². The number of nitrogens with one attached hydrogen (secondary N) is 2. The van der Waals surface area contributed by atoms with Crippen LogP contribution in [0.5, 0.6) is 0 Å². The van der Waals surface area contributed by atoms with Crippen LogP contribution in [0, 0.1) is 0 Å². The molecule has 1 saturated heterocycles. The second-order valence-corrected chi connectivity index (χ2v) is 7.73. The summed E-state index contributed by atoms with van der Waals surface area (Å²) in [6.07, 6.45) is 1.07. The van der Waals surface area contributed by atoms with E-state index in [1.54, 1.807) is 0 Å². The Bertz CT molecular complexity index is 1160. The Hall–Kier alpha value is -3.06. The molecule has 1 aliphatic rings. The summed E-state index contributed by atoms with van der Waals surface area (Å²) in [5.41, 5.74) is 4.56. The van der Waals surface area contributed by atoms with Crippen LogP contribution < -0.4 is 5.32 Å². The Morgan fingerprint density at radius 1 is 1.11 bits per heavy atom. The summed E-state index contributed by atoms with van der Waals surface area (Å²) < 4.78 is 5.86. The van der Waals surface area contributed by atoms with E-state index >= 15 is 0 Å². The fraction of sp³-hybridized carbons (Fsp3) is 0.150. The number of para-hydroxylation sites is 1. The van der Waals surface area contributed by atoms with E-state index in [4.69, 9.17) is 4.42 Å². The van der Waals surface area contributed by atoms with Gasteiger partial charge in [0.05, 0.1) is 11.7 Å². The van der Waals surface area contributed by atoms with Crippen molar-refractivity contribution in [3.63, 3.8) is 0 Å². The van der Waals surface area contributed by atoms with Crippen molar-refractivity contribution >= 4 is 44.9 Å². The highest BCUT2D eigenvalue weighted by molar-refractivity contribution is 8.15. The highest BCUT2D eigenvalue weighted by atomic mass is 32.2. The number of imide groups is 1. The van der Waals surface area contributed by atoms with Gasteiger partial charge in [0.15, 0.2) is 5.58 Å². The zero-order valence-electron chi connectivity index (χ0n) is 14.2. The molecular formula is C20H15N3O3S. The molecule has 0 bridgehead atoms. The molecule has 2 amide bonds. The number of amides is 2. The molecule has 27 heavy (non-hydrogen) atoms. The molecule has 0 spiro atoms. The largest absolute Gasteiger partial charge is 0.440 e. The first-order valence-electron chi connectivity index (χ1n) is 8.60. The summed E-state index contributed by atoms with van der Waals surface area (Å²) in [6.45, 7) is 0. The van der Waals surface area contributed by atoms with Crippen LogP contribution in [-0.4, -0.2) is 26.4 Å². The average molecular weight is 377 g/mol. The van der Waals surface area contributed by atoms with Gasteiger partial charge in [0.2, 0.25) is 11.8 Å². The van der Waals surface area contributed by atoms with Crippen molar-refractivity contribution in [2.24, 2.45) is 0 Å². The van der Waals surface area contributed by atoms with Gasteiger partial charge < -0.3 is 9.40 Å². The molecule has 1 fully saturated rings. The number of fused-ring (bicyclic) bond motifs is 2. The monoisotopic (exact) mass is 377 g/mol. The summed E-state index contributed by atoms with van der Waals surface area (Å²) in [6, 6.07) is 15.9. The fourth-order valence-electron chi connectivity index (χ4n) is 3.36. The predicted octanol–water partition coefficient (Wildman–Crippen LogP) is 3.79. The number of carbonyl (C=O) groups is 2. The maximum Gasteiger partial charge on any atom is 0.286 e. The molecule has 4 aromatic rings. The van der Waals surface area contributed by atoms with Gasteiger partial charge >= 0.3 is 0 Å². The molecule has 134 valence electrons. The predicted molar refractivity (Wildman–Crippen MR) is 104 cm³/mol. The van der Waals surface area contributed by atoms with Gasteiger partial charge in [0, 0.05) is 11.2 Å². The van der Waals surface area contributed by atoms with Gasteiger partial charge in [-0.25, -0.2) is 4.98 Å². The number of H-pyrrole nitrogens is 1. The normalized spacial score (nSPS) is 17.1. The number of thioether (sulfide) groups is 1.